The number of nitro groups is 1. The van der Waals surface area contributed by atoms with E-state index < -0.39 is 4.92 Å². The zero-order valence-corrected chi connectivity index (χ0v) is 12.3. The molecule has 0 radical (unpaired) electrons. The highest BCUT2D eigenvalue weighted by Gasteiger charge is 2.23. The molecular formula is C13H13N5O3S. The van der Waals surface area contributed by atoms with Crippen LogP contribution in [0.2, 0.25) is 0 Å². The average molecular weight is 319 g/mol. The van der Waals surface area contributed by atoms with Crippen molar-refractivity contribution in [2.45, 2.75) is 18.9 Å². The van der Waals surface area contributed by atoms with Crippen molar-refractivity contribution in [3.8, 4) is 0 Å². The van der Waals surface area contributed by atoms with Crippen LogP contribution in [0.1, 0.15) is 30.3 Å². The molecule has 9 heteroatoms. The number of hydrogen-bond acceptors (Lipinski definition) is 6. The minimum Gasteiger partial charge on any atom is -0.370 e. The molecule has 1 saturated heterocycles. The fourth-order valence-electron chi connectivity index (χ4n) is 2.29. The molecule has 3 rings (SSSR count). The molecule has 0 spiro atoms. The Morgan fingerprint density at radius 2 is 2.36 bits per heavy atom. The smallest absolute Gasteiger partial charge is 0.278 e. The fourth-order valence-corrected chi connectivity index (χ4v) is 2.47. The van der Waals surface area contributed by atoms with E-state index >= 15 is 0 Å². The lowest BCUT2D eigenvalue weighted by Gasteiger charge is -2.07. The molecule has 22 heavy (non-hydrogen) atoms. The lowest BCUT2D eigenvalue weighted by atomic mass is 10.2. The van der Waals surface area contributed by atoms with Crippen molar-refractivity contribution < 1.29 is 9.66 Å². The van der Waals surface area contributed by atoms with E-state index in [-0.39, 0.29) is 11.8 Å². The SMILES string of the molecule is O=[N+]([O-])c1ccccc1/C=N\n1c([C@H]2CCCO2)n[nH]c1=S. The third-order valence-electron chi connectivity index (χ3n) is 3.34. The number of nitro benzene ring substituents is 1. The Labute approximate surface area is 130 Å². The van der Waals surface area contributed by atoms with Crippen molar-refractivity contribution in [1.29, 1.82) is 0 Å². The Balaban J connectivity index is 1.95. The van der Waals surface area contributed by atoms with Crippen LogP contribution in [0.15, 0.2) is 29.4 Å². The van der Waals surface area contributed by atoms with Gasteiger partial charge in [-0.1, -0.05) is 12.1 Å². The van der Waals surface area contributed by atoms with Crippen LogP contribution < -0.4 is 0 Å². The fraction of sp³-hybridized carbons (Fsp3) is 0.308. The molecule has 0 aliphatic carbocycles. The largest absolute Gasteiger partial charge is 0.370 e. The van der Waals surface area contributed by atoms with Crippen LogP contribution in [0.3, 0.4) is 0 Å². The number of ether oxygens (including phenoxy) is 1. The molecule has 1 aromatic heterocycles. The molecule has 2 aromatic rings. The minimum atomic E-state index is -0.447. The number of aromatic nitrogens is 3. The average Bonchev–Trinajstić information content (AvgIpc) is 3.15. The third kappa shape index (κ3) is 2.81. The number of H-pyrrole nitrogens is 1. The minimum absolute atomic E-state index is 0.0140. The summed E-state index contributed by atoms with van der Waals surface area (Å²) in [6.45, 7) is 0.679. The zero-order valence-electron chi connectivity index (χ0n) is 11.5. The molecular weight excluding hydrogens is 306 g/mol. The number of hydrogen-bond donors (Lipinski definition) is 1. The third-order valence-corrected chi connectivity index (χ3v) is 3.60. The monoisotopic (exact) mass is 319 g/mol. The Hall–Kier alpha value is -2.39. The van der Waals surface area contributed by atoms with Crippen molar-refractivity contribution in [2.75, 3.05) is 6.61 Å². The van der Waals surface area contributed by atoms with Gasteiger partial charge in [0.1, 0.15) is 6.10 Å². The summed E-state index contributed by atoms with van der Waals surface area (Å²) in [6, 6.07) is 6.37. The van der Waals surface area contributed by atoms with E-state index in [1.807, 2.05) is 0 Å². The number of aromatic amines is 1. The summed E-state index contributed by atoms with van der Waals surface area (Å²) in [5, 5.41) is 22.1. The summed E-state index contributed by atoms with van der Waals surface area (Å²) in [5.41, 5.74) is 0.383. The highest BCUT2D eigenvalue weighted by Crippen LogP contribution is 2.27. The Morgan fingerprint density at radius 1 is 1.55 bits per heavy atom. The summed E-state index contributed by atoms with van der Waals surface area (Å²) in [7, 11) is 0. The zero-order chi connectivity index (χ0) is 15.5. The van der Waals surface area contributed by atoms with Crippen LogP contribution in [0.5, 0.6) is 0 Å². The molecule has 8 nitrogen and oxygen atoms in total. The first-order chi connectivity index (χ1) is 10.7. The Bertz CT molecular complexity index is 776. The molecule has 1 aromatic carbocycles. The highest BCUT2D eigenvalue weighted by atomic mass is 32.1. The maximum Gasteiger partial charge on any atom is 0.278 e. The number of nitrogens with one attached hydrogen (secondary N) is 1. The molecule has 1 fully saturated rings. The van der Waals surface area contributed by atoms with Crippen molar-refractivity contribution in [2.24, 2.45) is 5.10 Å². The highest BCUT2D eigenvalue weighted by molar-refractivity contribution is 7.71. The summed E-state index contributed by atoms with van der Waals surface area (Å²) in [5.74, 6) is 0.581. The Morgan fingerprint density at radius 3 is 3.09 bits per heavy atom. The molecule has 2 heterocycles. The first-order valence-electron chi connectivity index (χ1n) is 6.73. The van der Waals surface area contributed by atoms with Gasteiger partial charge >= 0.3 is 0 Å². The Kier molecular flexibility index (Phi) is 4.07. The van der Waals surface area contributed by atoms with Gasteiger partial charge in [-0.15, -0.1) is 0 Å². The van der Waals surface area contributed by atoms with Gasteiger partial charge in [-0.2, -0.15) is 14.9 Å². The molecule has 1 aliphatic rings. The molecule has 114 valence electrons. The molecule has 1 aliphatic heterocycles. The molecule has 0 amide bonds. The topological polar surface area (TPSA) is 98.3 Å². The number of nitrogens with zero attached hydrogens (tertiary/aromatic N) is 4. The molecule has 0 unspecified atom stereocenters. The molecule has 1 N–H and O–H groups in total. The molecule has 1 atom stereocenters. The quantitative estimate of drug-likeness (QED) is 0.404. The summed E-state index contributed by atoms with van der Waals surface area (Å²) < 4.78 is 7.34. The normalized spacial score (nSPS) is 18.1. The van der Waals surface area contributed by atoms with E-state index in [1.165, 1.54) is 17.0 Å². The van der Waals surface area contributed by atoms with Crippen LogP contribution in [0.25, 0.3) is 0 Å². The summed E-state index contributed by atoms with van der Waals surface area (Å²) in [4.78, 5) is 10.6. The van der Waals surface area contributed by atoms with Crippen LogP contribution in [0.4, 0.5) is 5.69 Å². The van der Waals surface area contributed by atoms with E-state index in [9.17, 15) is 10.1 Å². The lowest BCUT2D eigenvalue weighted by Crippen LogP contribution is -2.05. The van der Waals surface area contributed by atoms with Crippen LogP contribution in [-0.4, -0.2) is 32.6 Å². The van der Waals surface area contributed by atoms with Crippen molar-refractivity contribution in [1.82, 2.24) is 14.9 Å². The molecule has 0 saturated carbocycles. The van der Waals surface area contributed by atoms with Gasteiger partial charge in [0.2, 0.25) is 4.77 Å². The summed E-state index contributed by atoms with van der Waals surface area (Å²) in [6.07, 6.45) is 3.05. The van der Waals surface area contributed by atoms with Gasteiger partial charge in [-0.3, -0.25) is 15.2 Å². The predicted molar refractivity (Wildman–Crippen MR) is 81.4 cm³/mol. The van der Waals surface area contributed by atoms with E-state index in [0.717, 1.165) is 12.8 Å². The van der Waals surface area contributed by atoms with Crippen molar-refractivity contribution >= 4 is 24.1 Å². The van der Waals surface area contributed by atoms with Gasteiger partial charge in [0.05, 0.1) is 16.7 Å². The lowest BCUT2D eigenvalue weighted by molar-refractivity contribution is -0.385. The van der Waals surface area contributed by atoms with Gasteiger partial charge in [-0.05, 0) is 31.1 Å². The second kappa shape index (κ2) is 6.16. The van der Waals surface area contributed by atoms with Crippen molar-refractivity contribution in [3.63, 3.8) is 0 Å². The van der Waals surface area contributed by atoms with E-state index in [1.54, 1.807) is 18.2 Å². The maximum atomic E-state index is 11.0. The molecule has 0 bridgehead atoms. The van der Waals surface area contributed by atoms with Gasteiger partial charge in [0.15, 0.2) is 5.82 Å². The summed E-state index contributed by atoms with van der Waals surface area (Å²) >= 11 is 5.15. The second-order valence-electron chi connectivity index (χ2n) is 4.76. The van der Waals surface area contributed by atoms with Gasteiger partial charge in [0, 0.05) is 12.7 Å². The first kappa shape index (κ1) is 14.5. The van der Waals surface area contributed by atoms with E-state index in [0.29, 0.717) is 22.8 Å². The van der Waals surface area contributed by atoms with Crippen LogP contribution in [0, 0.1) is 14.9 Å². The van der Waals surface area contributed by atoms with E-state index in [4.69, 9.17) is 17.0 Å². The predicted octanol–water partition coefficient (Wildman–Crippen LogP) is 2.58. The van der Waals surface area contributed by atoms with Gasteiger partial charge in [-0.25, -0.2) is 0 Å². The van der Waals surface area contributed by atoms with Gasteiger partial charge in [0.25, 0.3) is 5.69 Å². The van der Waals surface area contributed by atoms with Crippen molar-refractivity contribution in [3.05, 3.63) is 50.5 Å². The standard InChI is InChI=1S/C13H13N5O3S/c19-18(20)10-5-2-1-4-9(10)8-14-17-12(15-16-13(17)22)11-6-3-7-21-11/h1-2,4-5,8,11H,3,6-7H2,(H,16,22)/b14-8-/t11-/m1/s1. The number of para-hydroxylation sites is 1. The second-order valence-corrected chi connectivity index (χ2v) is 5.15. The first-order valence-corrected chi connectivity index (χ1v) is 7.14. The maximum absolute atomic E-state index is 11.0. The number of benzene rings is 1. The van der Waals surface area contributed by atoms with Crippen LogP contribution >= 0.6 is 12.2 Å². The van der Waals surface area contributed by atoms with E-state index in [2.05, 4.69) is 15.3 Å². The van der Waals surface area contributed by atoms with Gasteiger partial charge < -0.3 is 4.74 Å². The number of rotatable bonds is 4. The van der Waals surface area contributed by atoms with Crippen LogP contribution in [-0.2, 0) is 4.74 Å².